The van der Waals surface area contributed by atoms with Crippen LogP contribution in [0, 0.1) is 13.8 Å². The first kappa shape index (κ1) is 14.0. The summed E-state index contributed by atoms with van der Waals surface area (Å²) >= 11 is 1.72. The van der Waals surface area contributed by atoms with E-state index in [-0.39, 0.29) is 6.04 Å². The Kier molecular flexibility index (Phi) is 4.52. The molecule has 0 aliphatic rings. The Balaban J connectivity index is 2.19. The van der Waals surface area contributed by atoms with Crippen LogP contribution < -0.4 is 16.0 Å². The molecule has 1 unspecified atom stereocenters. The number of rotatable bonds is 5. The van der Waals surface area contributed by atoms with Crippen LogP contribution in [0.5, 0.6) is 5.75 Å². The van der Waals surface area contributed by atoms with Gasteiger partial charge >= 0.3 is 0 Å². The molecule has 0 saturated carbocycles. The molecule has 0 bridgehead atoms. The highest BCUT2D eigenvalue weighted by molar-refractivity contribution is 7.11. The molecular weight excluding hydrogens is 258 g/mol. The van der Waals surface area contributed by atoms with Gasteiger partial charge in [0.1, 0.15) is 5.75 Å². The van der Waals surface area contributed by atoms with Gasteiger partial charge in [0, 0.05) is 11.3 Å². The fourth-order valence-electron chi connectivity index (χ4n) is 1.93. The van der Waals surface area contributed by atoms with Crippen molar-refractivity contribution in [3.05, 3.63) is 45.4 Å². The average molecular weight is 277 g/mol. The molecule has 4 nitrogen and oxygen atoms in total. The first-order valence-electron chi connectivity index (χ1n) is 6.17. The molecule has 0 amide bonds. The Hall–Kier alpha value is -1.43. The summed E-state index contributed by atoms with van der Waals surface area (Å²) in [5, 5.41) is 1.10. The summed E-state index contributed by atoms with van der Waals surface area (Å²) in [5.41, 5.74) is 5.06. The molecular formula is C14H19N3OS. The Bertz CT molecular complexity index is 534. The van der Waals surface area contributed by atoms with Crippen LogP contribution in [0.15, 0.2) is 24.3 Å². The molecule has 1 aromatic heterocycles. The topological polar surface area (TPSA) is 60.2 Å². The molecule has 0 aliphatic carbocycles. The van der Waals surface area contributed by atoms with Crippen LogP contribution in [0.25, 0.3) is 0 Å². The van der Waals surface area contributed by atoms with Crippen molar-refractivity contribution in [1.29, 1.82) is 0 Å². The van der Waals surface area contributed by atoms with Gasteiger partial charge in [-0.1, -0.05) is 12.1 Å². The molecule has 1 heterocycles. The Morgan fingerprint density at radius 2 is 2.21 bits per heavy atom. The smallest absolute Gasteiger partial charge is 0.119 e. The number of methoxy groups -OCH3 is 1. The molecule has 0 radical (unpaired) electrons. The molecule has 102 valence electrons. The maximum Gasteiger partial charge on any atom is 0.119 e. The van der Waals surface area contributed by atoms with E-state index in [1.165, 1.54) is 4.88 Å². The Labute approximate surface area is 117 Å². The number of nitrogens with one attached hydrogen (secondary N) is 1. The minimum absolute atomic E-state index is 0.0417. The van der Waals surface area contributed by atoms with Crippen LogP contribution in [0.1, 0.15) is 27.2 Å². The van der Waals surface area contributed by atoms with Crippen molar-refractivity contribution in [2.24, 2.45) is 5.84 Å². The second kappa shape index (κ2) is 6.14. The van der Waals surface area contributed by atoms with E-state index in [0.29, 0.717) is 0 Å². The standard InChI is InChI=1S/C14H19N3OS/c1-9-10(2)19-14(16-9)8-13(17-15)11-5-4-6-12(7-11)18-3/h4-7,13,17H,8,15H2,1-3H3. The zero-order chi connectivity index (χ0) is 13.8. The molecule has 1 atom stereocenters. The molecule has 19 heavy (non-hydrogen) atoms. The van der Waals surface area contributed by atoms with Gasteiger partial charge in [-0.15, -0.1) is 11.3 Å². The fraction of sp³-hybridized carbons (Fsp3) is 0.357. The van der Waals surface area contributed by atoms with Gasteiger partial charge in [0.2, 0.25) is 0 Å². The van der Waals surface area contributed by atoms with E-state index >= 15 is 0 Å². The molecule has 1 aromatic carbocycles. The molecule has 3 N–H and O–H groups in total. The molecule has 5 heteroatoms. The molecule has 0 spiro atoms. The molecule has 2 rings (SSSR count). The predicted molar refractivity (Wildman–Crippen MR) is 78.4 cm³/mol. The van der Waals surface area contributed by atoms with Gasteiger partial charge < -0.3 is 4.74 Å². The second-order valence-electron chi connectivity index (χ2n) is 4.45. The summed E-state index contributed by atoms with van der Waals surface area (Å²) in [5.74, 6) is 6.51. The highest BCUT2D eigenvalue weighted by Gasteiger charge is 2.14. The van der Waals surface area contributed by atoms with E-state index in [0.717, 1.165) is 28.4 Å². The molecule has 0 fully saturated rings. The largest absolute Gasteiger partial charge is 0.497 e. The maximum absolute atomic E-state index is 5.68. The van der Waals surface area contributed by atoms with Crippen molar-refractivity contribution >= 4 is 11.3 Å². The highest BCUT2D eigenvalue weighted by atomic mass is 32.1. The highest BCUT2D eigenvalue weighted by Crippen LogP contribution is 2.25. The van der Waals surface area contributed by atoms with Crippen LogP contribution >= 0.6 is 11.3 Å². The summed E-state index contributed by atoms with van der Waals surface area (Å²) in [6.07, 6.45) is 0.781. The van der Waals surface area contributed by atoms with Gasteiger partial charge in [-0.2, -0.15) is 0 Å². The quantitative estimate of drug-likeness (QED) is 0.651. The van der Waals surface area contributed by atoms with Gasteiger partial charge in [0.05, 0.1) is 23.9 Å². The van der Waals surface area contributed by atoms with E-state index in [2.05, 4.69) is 17.3 Å². The number of hydrogen-bond acceptors (Lipinski definition) is 5. The first-order chi connectivity index (χ1) is 9.13. The van der Waals surface area contributed by atoms with Crippen LogP contribution in [0.3, 0.4) is 0 Å². The number of nitrogens with two attached hydrogens (primary N) is 1. The predicted octanol–water partition coefficient (Wildman–Crippen LogP) is 2.52. The van der Waals surface area contributed by atoms with E-state index in [9.17, 15) is 0 Å². The number of aryl methyl sites for hydroxylation is 2. The minimum Gasteiger partial charge on any atom is -0.497 e. The third-order valence-electron chi connectivity index (χ3n) is 3.15. The lowest BCUT2D eigenvalue weighted by molar-refractivity contribution is 0.413. The third-order valence-corrected chi connectivity index (χ3v) is 4.24. The second-order valence-corrected chi connectivity index (χ2v) is 5.74. The number of hydrogen-bond donors (Lipinski definition) is 2. The van der Waals surface area contributed by atoms with E-state index in [1.54, 1.807) is 18.4 Å². The van der Waals surface area contributed by atoms with Gasteiger partial charge in [0.15, 0.2) is 0 Å². The summed E-state index contributed by atoms with van der Waals surface area (Å²) in [7, 11) is 1.66. The lowest BCUT2D eigenvalue weighted by Gasteiger charge is -2.15. The third kappa shape index (κ3) is 3.32. The Morgan fingerprint density at radius 1 is 1.42 bits per heavy atom. The van der Waals surface area contributed by atoms with Crippen molar-refractivity contribution in [2.45, 2.75) is 26.3 Å². The van der Waals surface area contributed by atoms with E-state index < -0.39 is 0 Å². The maximum atomic E-state index is 5.68. The van der Waals surface area contributed by atoms with Crippen LogP contribution in [-0.4, -0.2) is 12.1 Å². The van der Waals surface area contributed by atoms with Crippen LogP contribution in [0.2, 0.25) is 0 Å². The van der Waals surface area contributed by atoms with Gasteiger partial charge in [-0.3, -0.25) is 11.3 Å². The van der Waals surface area contributed by atoms with Gasteiger partial charge in [-0.05, 0) is 31.5 Å². The van der Waals surface area contributed by atoms with E-state index in [1.807, 2.05) is 31.2 Å². The molecule has 0 aliphatic heterocycles. The summed E-state index contributed by atoms with van der Waals surface area (Å²) in [4.78, 5) is 5.82. The number of benzene rings is 1. The molecule has 2 aromatic rings. The number of ether oxygens (including phenoxy) is 1. The fourth-order valence-corrected chi connectivity index (χ4v) is 2.91. The van der Waals surface area contributed by atoms with Gasteiger partial charge in [-0.25, -0.2) is 4.98 Å². The lowest BCUT2D eigenvalue weighted by atomic mass is 10.0. The number of hydrazine groups is 1. The van der Waals surface area contributed by atoms with Crippen molar-refractivity contribution in [3.8, 4) is 5.75 Å². The monoisotopic (exact) mass is 277 g/mol. The average Bonchev–Trinajstić information content (AvgIpc) is 2.75. The van der Waals surface area contributed by atoms with Crippen LogP contribution in [0.4, 0.5) is 0 Å². The van der Waals surface area contributed by atoms with Crippen LogP contribution in [-0.2, 0) is 6.42 Å². The van der Waals surface area contributed by atoms with Crippen molar-refractivity contribution < 1.29 is 4.74 Å². The van der Waals surface area contributed by atoms with E-state index in [4.69, 9.17) is 10.6 Å². The van der Waals surface area contributed by atoms with Crippen molar-refractivity contribution in [2.75, 3.05) is 7.11 Å². The van der Waals surface area contributed by atoms with Gasteiger partial charge in [0.25, 0.3) is 0 Å². The molecule has 0 saturated heterocycles. The summed E-state index contributed by atoms with van der Waals surface area (Å²) in [6.45, 7) is 4.12. The summed E-state index contributed by atoms with van der Waals surface area (Å²) in [6, 6.07) is 7.98. The minimum atomic E-state index is 0.0417. The first-order valence-corrected chi connectivity index (χ1v) is 6.98. The lowest BCUT2D eigenvalue weighted by Crippen LogP contribution is -2.29. The van der Waals surface area contributed by atoms with Crippen molar-refractivity contribution in [3.63, 3.8) is 0 Å². The zero-order valence-electron chi connectivity index (χ0n) is 11.4. The normalized spacial score (nSPS) is 12.4. The summed E-state index contributed by atoms with van der Waals surface area (Å²) < 4.78 is 5.24. The number of nitrogens with zero attached hydrogens (tertiary/aromatic N) is 1. The number of aromatic nitrogens is 1. The Morgan fingerprint density at radius 3 is 2.79 bits per heavy atom. The van der Waals surface area contributed by atoms with Crippen molar-refractivity contribution in [1.82, 2.24) is 10.4 Å². The SMILES string of the molecule is COc1cccc(C(Cc2nc(C)c(C)s2)NN)c1. The zero-order valence-corrected chi connectivity index (χ0v) is 12.3. The number of thiazole rings is 1.